The molecule has 110 valence electrons. The molecule has 0 saturated carbocycles. The maximum Gasteiger partial charge on any atom is 0.152 e. The minimum atomic E-state index is 0. The summed E-state index contributed by atoms with van der Waals surface area (Å²) in [5, 5.41) is 5.75. The SMILES string of the molecule is CC1C=c2[nH]cc(C=O)c2=C(N2C[C@@H](C)NC[C@@H]2C)C1.[HH]. The lowest BCUT2D eigenvalue weighted by Crippen LogP contribution is -2.55. The number of piperazine rings is 1. The van der Waals surface area contributed by atoms with Gasteiger partial charge in [0.1, 0.15) is 0 Å². The second-order valence-electron chi connectivity index (χ2n) is 6.26. The summed E-state index contributed by atoms with van der Waals surface area (Å²) in [6.45, 7) is 8.71. The molecular formula is C16H25N3O. The Morgan fingerprint density at radius 3 is 2.95 bits per heavy atom. The zero-order chi connectivity index (χ0) is 14.3. The topological polar surface area (TPSA) is 48.1 Å². The van der Waals surface area contributed by atoms with E-state index in [-0.39, 0.29) is 1.43 Å². The highest BCUT2D eigenvalue weighted by Crippen LogP contribution is 2.23. The lowest BCUT2D eigenvalue weighted by atomic mass is 9.95. The molecule has 1 aromatic heterocycles. The van der Waals surface area contributed by atoms with E-state index < -0.39 is 0 Å². The van der Waals surface area contributed by atoms with E-state index >= 15 is 0 Å². The van der Waals surface area contributed by atoms with Crippen molar-refractivity contribution in [2.45, 2.75) is 39.3 Å². The smallest absolute Gasteiger partial charge is 0.152 e. The van der Waals surface area contributed by atoms with Crippen LogP contribution in [0.25, 0.3) is 11.8 Å². The van der Waals surface area contributed by atoms with E-state index in [1.54, 1.807) is 0 Å². The van der Waals surface area contributed by atoms with Gasteiger partial charge in [-0.1, -0.05) is 13.0 Å². The molecule has 20 heavy (non-hydrogen) atoms. The first-order chi connectivity index (χ1) is 9.60. The zero-order valence-electron chi connectivity index (χ0n) is 12.4. The number of hydrogen-bond donors (Lipinski definition) is 2. The molecule has 3 rings (SSSR count). The van der Waals surface area contributed by atoms with Gasteiger partial charge in [0, 0.05) is 54.6 Å². The number of carbonyl (C=O) groups is 1. The maximum atomic E-state index is 11.3. The third kappa shape index (κ3) is 2.18. The zero-order valence-corrected chi connectivity index (χ0v) is 12.4. The molecule has 0 spiro atoms. The van der Waals surface area contributed by atoms with Crippen molar-refractivity contribution in [3.05, 3.63) is 22.3 Å². The van der Waals surface area contributed by atoms with Gasteiger partial charge in [-0.15, -0.1) is 0 Å². The molecule has 1 fully saturated rings. The van der Waals surface area contributed by atoms with Crippen LogP contribution in [0.1, 0.15) is 39.0 Å². The summed E-state index contributed by atoms with van der Waals surface area (Å²) in [5.41, 5.74) is 2.12. The van der Waals surface area contributed by atoms with Crippen LogP contribution in [0.5, 0.6) is 0 Å². The number of nitrogens with zero attached hydrogens (tertiary/aromatic N) is 1. The van der Waals surface area contributed by atoms with Gasteiger partial charge in [0.15, 0.2) is 6.29 Å². The van der Waals surface area contributed by atoms with Crippen molar-refractivity contribution < 1.29 is 6.22 Å². The molecular weight excluding hydrogens is 250 g/mol. The van der Waals surface area contributed by atoms with E-state index in [1.165, 1.54) is 5.70 Å². The van der Waals surface area contributed by atoms with Crippen molar-refractivity contribution in [3.8, 4) is 0 Å². The Balaban J connectivity index is 0.00000161. The van der Waals surface area contributed by atoms with Crippen molar-refractivity contribution >= 4 is 18.1 Å². The molecule has 1 aliphatic carbocycles. The average Bonchev–Trinajstić information content (AvgIpc) is 2.83. The van der Waals surface area contributed by atoms with E-state index in [0.717, 1.165) is 41.9 Å². The summed E-state index contributed by atoms with van der Waals surface area (Å²) >= 11 is 0. The van der Waals surface area contributed by atoms with Crippen molar-refractivity contribution in [3.63, 3.8) is 0 Å². The number of rotatable bonds is 2. The Hall–Kier alpha value is -1.55. The lowest BCUT2D eigenvalue weighted by Gasteiger charge is -2.41. The van der Waals surface area contributed by atoms with Gasteiger partial charge >= 0.3 is 0 Å². The fraction of sp³-hybridized carbons (Fsp3) is 0.562. The fourth-order valence-corrected chi connectivity index (χ4v) is 3.41. The Bertz CT molecular complexity index is 636. The van der Waals surface area contributed by atoms with Crippen LogP contribution >= 0.6 is 0 Å². The van der Waals surface area contributed by atoms with Gasteiger partial charge in [0.05, 0.1) is 0 Å². The summed E-state index contributed by atoms with van der Waals surface area (Å²) < 4.78 is 0. The summed E-state index contributed by atoms with van der Waals surface area (Å²) in [6, 6.07) is 0.954. The van der Waals surface area contributed by atoms with Crippen molar-refractivity contribution in [2.75, 3.05) is 13.1 Å². The minimum absolute atomic E-state index is 0. The minimum Gasteiger partial charge on any atom is -0.369 e. The predicted molar refractivity (Wildman–Crippen MR) is 82.8 cm³/mol. The number of carbonyl (C=O) groups excluding carboxylic acids is 1. The Morgan fingerprint density at radius 2 is 2.20 bits per heavy atom. The van der Waals surface area contributed by atoms with E-state index in [9.17, 15) is 4.79 Å². The van der Waals surface area contributed by atoms with Crippen molar-refractivity contribution in [1.29, 1.82) is 0 Å². The molecule has 1 saturated heterocycles. The lowest BCUT2D eigenvalue weighted by molar-refractivity contribution is 0.112. The van der Waals surface area contributed by atoms with Crippen LogP contribution in [0.15, 0.2) is 6.20 Å². The number of hydrogen-bond acceptors (Lipinski definition) is 3. The molecule has 2 aliphatic rings. The van der Waals surface area contributed by atoms with Crippen LogP contribution in [0, 0.1) is 5.92 Å². The molecule has 1 aromatic rings. The first-order valence-corrected chi connectivity index (χ1v) is 7.47. The normalized spacial score (nSPS) is 29.9. The third-order valence-electron chi connectivity index (χ3n) is 4.43. The van der Waals surface area contributed by atoms with Crippen molar-refractivity contribution in [2.24, 2.45) is 5.92 Å². The number of aromatic amines is 1. The number of fused-ring (bicyclic) bond motifs is 1. The average molecular weight is 275 g/mol. The molecule has 2 N–H and O–H groups in total. The van der Waals surface area contributed by atoms with Crippen molar-refractivity contribution in [1.82, 2.24) is 15.2 Å². The Morgan fingerprint density at radius 1 is 1.40 bits per heavy atom. The van der Waals surface area contributed by atoms with Crippen LogP contribution in [0.2, 0.25) is 0 Å². The second kappa shape index (κ2) is 5.09. The molecule has 3 atom stereocenters. The molecule has 2 heterocycles. The molecule has 4 heteroatoms. The van der Waals surface area contributed by atoms with Crippen LogP contribution in [0.4, 0.5) is 0 Å². The highest BCUT2D eigenvalue weighted by Gasteiger charge is 2.27. The third-order valence-corrected chi connectivity index (χ3v) is 4.43. The van der Waals surface area contributed by atoms with E-state index in [1.807, 2.05) is 6.20 Å². The number of H-pyrrole nitrogens is 1. The number of nitrogens with one attached hydrogen (secondary N) is 2. The van der Waals surface area contributed by atoms with Crippen LogP contribution in [-0.2, 0) is 0 Å². The van der Waals surface area contributed by atoms with Gasteiger partial charge in [0.2, 0.25) is 0 Å². The summed E-state index contributed by atoms with van der Waals surface area (Å²) in [7, 11) is 0. The fourth-order valence-electron chi connectivity index (χ4n) is 3.41. The highest BCUT2D eigenvalue weighted by atomic mass is 16.1. The molecule has 0 bridgehead atoms. The van der Waals surface area contributed by atoms with E-state index in [4.69, 9.17) is 0 Å². The predicted octanol–water partition coefficient (Wildman–Crippen LogP) is 0.684. The van der Waals surface area contributed by atoms with Gasteiger partial charge in [0.25, 0.3) is 0 Å². The number of aromatic nitrogens is 1. The molecule has 1 unspecified atom stereocenters. The first kappa shape index (κ1) is 13.4. The number of aldehydes is 1. The molecule has 0 radical (unpaired) electrons. The largest absolute Gasteiger partial charge is 0.369 e. The Labute approximate surface area is 121 Å². The van der Waals surface area contributed by atoms with Gasteiger partial charge in [-0.25, -0.2) is 0 Å². The molecule has 4 nitrogen and oxygen atoms in total. The summed E-state index contributed by atoms with van der Waals surface area (Å²) in [5.74, 6) is 0.507. The van der Waals surface area contributed by atoms with Gasteiger partial charge in [-0.3, -0.25) is 4.79 Å². The second-order valence-corrected chi connectivity index (χ2v) is 6.26. The Kier molecular flexibility index (Phi) is 3.42. The highest BCUT2D eigenvalue weighted by molar-refractivity contribution is 5.77. The molecule has 0 amide bonds. The molecule has 0 aromatic carbocycles. The van der Waals surface area contributed by atoms with Gasteiger partial charge in [-0.2, -0.15) is 0 Å². The quantitative estimate of drug-likeness (QED) is 0.781. The van der Waals surface area contributed by atoms with Crippen LogP contribution < -0.4 is 15.9 Å². The van der Waals surface area contributed by atoms with Crippen LogP contribution in [-0.4, -0.2) is 41.3 Å². The van der Waals surface area contributed by atoms with E-state index in [2.05, 4.69) is 42.0 Å². The first-order valence-electron chi connectivity index (χ1n) is 7.47. The van der Waals surface area contributed by atoms with E-state index in [0.29, 0.717) is 18.0 Å². The van der Waals surface area contributed by atoms with Gasteiger partial charge in [-0.05, 0) is 26.2 Å². The maximum absolute atomic E-state index is 11.3. The van der Waals surface area contributed by atoms with Crippen LogP contribution in [0.3, 0.4) is 0 Å². The summed E-state index contributed by atoms with van der Waals surface area (Å²) in [6.07, 6.45) is 6.06. The summed E-state index contributed by atoms with van der Waals surface area (Å²) in [4.78, 5) is 17.1. The monoisotopic (exact) mass is 275 g/mol. The molecule has 1 aliphatic heterocycles. The van der Waals surface area contributed by atoms with Gasteiger partial charge < -0.3 is 15.2 Å². The standard InChI is InChI=1S/C16H23N3O.H2/c1-10-4-14-16(13(9-20)7-18-14)15(5-10)19-8-11(2)17-6-12(19)3;/h4,7,9-12,17-18H,5-6,8H2,1-3H3;1H/t10?,11-,12+;/m1./s1.